The molecule has 1 aliphatic heterocycles. The number of halogens is 1. The molecule has 1 saturated heterocycles. The van der Waals surface area contributed by atoms with Crippen LogP contribution < -0.4 is 4.90 Å². The number of anilines is 1. The fourth-order valence-corrected chi connectivity index (χ4v) is 2.48. The minimum Gasteiger partial charge on any atom is -0.444 e. The number of hydrogen-bond donors (Lipinski definition) is 1. The Kier molecular flexibility index (Phi) is 4.90. The van der Waals surface area contributed by atoms with Gasteiger partial charge in [-0.3, -0.25) is 0 Å². The van der Waals surface area contributed by atoms with Crippen molar-refractivity contribution in [2.75, 3.05) is 31.1 Å². The second-order valence-electron chi connectivity index (χ2n) is 6.43. The number of nitrogens with zero attached hydrogens (tertiary/aromatic N) is 2. The fourth-order valence-electron chi connectivity index (χ4n) is 2.48. The van der Waals surface area contributed by atoms with Gasteiger partial charge in [0.05, 0.1) is 12.6 Å². The monoisotopic (exact) mass is 310 g/mol. The van der Waals surface area contributed by atoms with Crippen molar-refractivity contribution in [3.63, 3.8) is 0 Å². The van der Waals surface area contributed by atoms with Crippen molar-refractivity contribution in [2.24, 2.45) is 0 Å². The number of rotatable bonds is 2. The second-order valence-corrected chi connectivity index (χ2v) is 6.43. The molecule has 0 radical (unpaired) electrons. The lowest BCUT2D eigenvalue weighted by Gasteiger charge is -2.42. The SMILES string of the molecule is CC(C)(C)OC(=O)N1CCN(c2ccc(F)cc2)C(CO)C1. The Labute approximate surface area is 130 Å². The van der Waals surface area contributed by atoms with Gasteiger partial charge in [0.15, 0.2) is 0 Å². The lowest BCUT2D eigenvalue weighted by molar-refractivity contribution is 0.0197. The average Bonchev–Trinajstić information content (AvgIpc) is 2.45. The average molecular weight is 310 g/mol. The van der Waals surface area contributed by atoms with E-state index in [0.717, 1.165) is 5.69 Å². The van der Waals surface area contributed by atoms with Crippen molar-refractivity contribution in [1.29, 1.82) is 0 Å². The number of amides is 1. The lowest BCUT2D eigenvalue weighted by atomic mass is 10.1. The van der Waals surface area contributed by atoms with Crippen molar-refractivity contribution in [1.82, 2.24) is 4.90 Å². The van der Waals surface area contributed by atoms with Crippen LogP contribution in [-0.2, 0) is 4.74 Å². The zero-order valence-electron chi connectivity index (χ0n) is 13.3. The summed E-state index contributed by atoms with van der Waals surface area (Å²) in [4.78, 5) is 15.7. The maximum atomic E-state index is 13.0. The van der Waals surface area contributed by atoms with Gasteiger partial charge in [0.25, 0.3) is 0 Å². The molecule has 1 N–H and O–H groups in total. The molecule has 6 heteroatoms. The zero-order chi connectivity index (χ0) is 16.3. The summed E-state index contributed by atoms with van der Waals surface area (Å²) in [6, 6.07) is 5.92. The minimum absolute atomic E-state index is 0.0866. The van der Waals surface area contributed by atoms with Gasteiger partial charge in [-0.2, -0.15) is 0 Å². The molecule has 1 atom stereocenters. The number of aliphatic hydroxyl groups is 1. The van der Waals surface area contributed by atoms with Gasteiger partial charge >= 0.3 is 6.09 Å². The maximum absolute atomic E-state index is 13.0. The first kappa shape index (κ1) is 16.5. The Balaban J connectivity index is 2.05. The lowest BCUT2D eigenvalue weighted by Crippen LogP contribution is -2.57. The molecular formula is C16H23FN2O3. The predicted molar refractivity (Wildman–Crippen MR) is 82.4 cm³/mol. The highest BCUT2D eigenvalue weighted by atomic mass is 19.1. The van der Waals surface area contributed by atoms with Crippen LogP contribution in [-0.4, -0.2) is 54.0 Å². The van der Waals surface area contributed by atoms with Crippen molar-refractivity contribution in [2.45, 2.75) is 32.4 Å². The summed E-state index contributed by atoms with van der Waals surface area (Å²) >= 11 is 0. The third kappa shape index (κ3) is 4.10. The van der Waals surface area contributed by atoms with Crippen LogP contribution in [0.5, 0.6) is 0 Å². The van der Waals surface area contributed by atoms with Crippen molar-refractivity contribution >= 4 is 11.8 Å². The predicted octanol–water partition coefficient (Wildman–Crippen LogP) is 2.24. The van der Waals surface area contributed by atoms with Crippen LogP contribution >= 0.6 is 0 Å². The fraction of sp³-hybridized carbons (Fsp3) is 0.562. The van der Waals surface area contributed by atoms with Gasteiger partial charge in [-0.05, 0) is 45.0 Å². The number of ether oxygens (including phenoxy) is 1. The highest BCUT2D eigenvalue weighted by Crippen LogP contribution is 2.22. The quantitative estimate of drug-likeness (QED) is 0.910. The molecule has 1 aromatic carbocycles. The summed E-state index contributed by atoms with van der Waals surface area (Å²) in [7, 11) is 0. The molecule has 1 amide bonds. The number of aliphatic hydroxyl groups excluding tert-OH is 1. The molecule has 0 bridgehead atoms. The van der Waals surface area contributed by atoms with E-state index >= 15 is 0 Å². The first-order valence-corrected chi connectivity index (χ1v) is 7.41. The van der Waals surface area contributed by atoms with E-state index in [2.05, 4.69) is 0 Å². The highest BCUT2D eigenvalue weighted by molar-refractivity contribution is 5.69. The number of hydrogen-bond acceptors (Lipinski definition) is 4. The van der Waals surface area contributed by atoms with E-state index in [-0.39, 0.29) is 24.6 Å². The van der Waals surface area contributed by atoms with E-state index in [4.69, 9.17) is 4.74 Å². The summed E-state index contributed by atoms with van der Waals surface area (Å²) in [5.41, 5.74) is 0.296. The van der Waals surface area contributed by atoms with Gasteiger partial charge in [0.1, 0.15) is 11.4 Å². The number of piperazine rings is 1. The molecule has 122 valence electrons. The summed E-state index contributed by atoms with van der Waals surface area (Å²) < 4.78 is 18.4. The molecule has 0 aromatic heterocycles. The van der Waals surface area contributed by atoms with E-state index in [0.29, 0.717) is 19.6 Å². The van der Waals surface area contributed by atoms with Gasteiger partial charge in [0.2, 0.25) is 0 Å². The van der Waals surface area contributed by atoms with Crippen LogP contribution in [0, 0.1) is 5.82 Å². The third-order valence-electron chi connectivity index (χ3n) is 3.50. The molecular weight excluding hydrogens is 287 g/mol. The molecule has 0 spiro atoms. The maximum Gasteiger partial charge on any atom is 0.410 e. The summed E-state index contributed by atoms with van der Waals surface area (Å²) in [5.74, 6) is -0.295. The molecule has 22 heavy (non-hydrogen) atoms. The normalized spacial score (nSPS) is 19.2. The van der Waals surface area contributed by atoms with Crippen molar-refractivity contribution in [3.05, 3.63) is 30.1 Å². The standard InChI is InChI=1S/C16H23FN2O3/c1-16(2,3)22-15(21)18-8-9-19(14(10-18)11-20)13-6-4-12(17)5-7-13/h4-7,14,20H,8-11H2,1-3H3. The number of benzene rings is 1. The molecule has 1 aromatic rings. The van der Waals surface area contributed by atoms with Gasteiger partial charge in [-0.15, -0.1) is 0 Å². The highest BCUT2D eigenvalue weighted by Gasteiger charge is 2.31. The van der Waals surface area contributed by atoms with Gasteiger partial charge < -0.3 is 19.6 Å². The van der Waals surface area contributed by atoms with Crippen molar-refractivity contribution in [3.8, 4) is 0 Å². The molecule has 5 nitrogen and oxygen atoms in total. The first-order chi connectivity index (χ1) is 10.3. The molecule has 1 heterocycles. The van der Waals surface area contributed by atoms with E-state index in [1.165, 1.54) is 12.1 Å². The van der Waals surface area contributed by atoms with E-state index in [1.807, 2.05) is 25.7 Å². The molecule has 0 aliphatic carbocycles. The topological polar surface area (TPSA) is 53.0 Å². The molecule has 0 saturated carbocycles. The molecule has 1 aliphatic rings. The Morgan fingerprint density at radius 3 is 2.50 bits per heavy atom. The van der Waals surface area contributed by atoms with Gasteiger partial charge in [-0.1, -0.05) is 0 Å². The summed E-state index contributed by atoms with van der Waals surface area (Å²) in [6.07, 6.45) is -0.371. The Hall–Kier alpha value is -1.82. The van der Waals surface area contributed by atoms with Crippen LogP contribution in [0.4, 0.5) is 14.9 Å². The smallest absolute Gasteiger partial charge is 0.410 e. The van der Waals surface area contributed by atoms with Crippen LogP contribution in [0.3, 0.4) is 0 Å². The summed E-state index contributed by atoms with van der Waals surface area (Å²) in [6.45, 7) is 6.83. The second kappa shape index (κ2) is 6.52. The van der Waals surface area contributed by atoms with Crippen LogP contribution in [0.1, 0.15) is 20.8 Å². The Morgan fingerprint density at radius 2 is 1.95 bits per heavy atom. The van der Waals surface area contributed by atoms with Crippen LogP contribution in [0.15, 0.2) is 24.3 Å². The Bertz CT molecular complexity index is 513. The largest absolute Gasteiger partial charge is 0.444 e. The van der Waals surface area contributed by atoms with Gasteiger partial charge in [0, 0.05) is 25.3 Å². The zero-order valence-corrected chi connectivity index (χ0v) is 13.3. The van der Waals surface area contributed by atoms with Gasteiger partial charge in [-0.25, -0.2) is 9.18 Å². The van der Waals surface area contributed by atoms with Crippen LogP contribution in [0.2, 0.25) is 0 Å². The molecule has 1 fully saturated rings. The Morgan fingerprint density at radius 1 is 1.32 bits per heavy atom. The molecule has 2 rings (SSSR count). The van der Waals surface area contributed by atoms with Crippen LogP contribution in [0.25, 0.3) is 0 Å². The van der Waals surface area contributed by atoms with E-state index in [1.54, 1.807) is 17.0 Å². The first-order valence-electron chi connectivity index (χ1n) is 7.41. The summed E-state index contributed by atoms with van der Waals surface area (Å²) in [5, 5.41) is 9.61. The third-order valence-corrected chi connectivity index (χ3v) is 3.50. The van der Waals surface area contributed by atoms with E-state index in [9.17, 15) is 14.3 Å². The van der Waals surface area contributed by atoms with Crippen molar-refractivity contribution < 1.29 is 19.0 Å². The minimum atomic E-state index is -0.542. The molecule has 1 unspecified atom stereocenters. The van der Waals surface area contributed by atoms with E-state index < -0.39 is 5.60 Å². The number of carbonyl (C=O) groups excluding carboxylic acids is 1. The number of carbonyl (C=O) groups is 1.